The zero-order valence-electron chi connectivity index (χ0n) is 4.99. The number of halogens is 2. The number of rotatable bonds is 2. The number of carbonyl (C=O) groups is 1. The second-order valence-corrected chi connectivity index (χ2v) is 1.55. The van der Waals surface area contributed by atoms with E-state index in [0.29, 0.717) is 0 Å². The summed E-state index contributed by atoms with van der Waals surface area (Å²) in [7, 11) is 0. The van der Waals surface area contributed by atoms with Crippen molar-refractivity contribution in [2.45, 2.75) is 6.43 Å². The maximum absolute atomic E-state index is 11.7. The molecule has 0 aliphatic carbocycles. The minimum absolute atomic E-state index is 0.833. The van der Waals surface area contributed by atoms with Gasteiger partial charge in [-0.3, -0.25) is 0 Å². The molecular formula is C4H2F2N2O3. The summed E-state index contributed by atoms with van der Waals surface area (Å²) < 4.78 is 27.3. The van der Waals surface area contributed by atoms with Gasteiger partial charge in [-0.2, -0.15) is 8.78 Å². The van der Waals surface area contributed by atoms with E-state index < -0.39 is 24.2 Å². The lowest BCUT2D eigenvalue weighted by Crippen LogP contribution is -1.95. The summed E-state index contributed by atoms with van der Waals surface area (Å²) in [4.78, 5) is 10.00. The number of alkyl halides is 2. The summed E-state index contributed by atoms with van der Waals surface area (Å²) in [6.07, 6.45) is -2.93. The minimum Gasteiger partial charge on any atom is -0.474 e. The molecule has 0 aromatic carbocycles. The Kier molecular flexibility index (Phi) is 1.79. The van der Waals surface area contributed by atoms with Crippen LogP contribution in [0.4, 0.5) is 8.78 Å². The maximum atomic E-state index is 11.7. The van der Waals surface area contributed by atoms with Crippen LogP contribution in [0.5, 0.6) is 0 Å². The Morgan fingerprint density at radius 1 is 1.55 bits per heavy atom. The van der Waals surface area contributed by atoms with E-state index >= 15 is 0 Å². The summed E-state index contributed by atoms with van der Waals surface area (Å²) in [6.45, 7) is 0. The SMILES string of the molecule is O=C(O)c1nnc(C(F)F)o1. The number of hydrogen-bond donors (Lipinski definition) is 1. The lowest BCUT2D eigenvalue weighted by atomic mass is 10.7. The molecule has 0 unspecified atom stereocenters. The third-order valence-corrected chi connectivity index (χ3v) is 0.810. The number of aromatic nitrogens is 2. The number of carboxylic acids is 1. The van der Waals surface area contributed by atoms with Gasteiger partial charge in [0.25, 0.3) is 5.89 Å². The van der Waals surface area contributed by atoms with Crippen LogP contribution < -0.4 is 0 Å². The van der Waals surface area contributed by atoms with Gasteiger partial charge in [0.2, 0.25) is 0 Å². The fourth-order valence-electron chi connectivity index (χ4n) is 0.409. The molecule has 0 saturated carbocycles. The van der Waals surface area contributed by atoms with Crippen LogP contribution >= 0.6 is 0 Å². The molecule has 1 heterocycles. The van der Waals surface area contributed by atoms with Crippen molar-refractivity contribution in [1.29, 1.82) is 0 Å². The molecule has 0 bridgehead atoms. The van der Waals surface area contributed by atoms with Crippen LogP contribution in [0.3, 0.4) is 0 Å². The van der Waals surface area contributed by atoms with Crippen molar-refractivity contribution in [3.63, 3.8) is 0 Å². The van der Waals surface area contributed by atoms with Gasteiger partial charge in [0.05, 0.1) is 0 Å². The highest BCUT2D eigenvalue weighted by molar-refractivity contribution is 5.81. The molecule has 5 nitrogen and oxygen atoms in total. The Labute approximate surface area is 58.7 Å². The normalized spacial score (nSPS) is 10.5. The van der Waals surface area contributed by atoms with Gasteiger partial charge < -0.3 is 9.52 Å². The fourth-order valence-corrected chi connectivity index (χ4v) is 0.409. The molecule has 1 aromatic heterocycles. The molecule has 60 valence electrons. The van der Waals surface area contributed by atoms with Gasteiger partial charge in [0, 0.05) is 0 Å². The van der Waals surface area contributed by atoms with Crippen molar-refractivity contribution in [1.82, 2.24) is 10.2 Å². The molecule has 0 saturated heterocycles. The van der Waals surface area contributed by atoms with E-state index in [-0.39, 0.29) is 0 Å². The van der Waals surface area contributed by atoms with Crippen LogP contribution in [0.25, 0.3) is 0 Å². The van der Waals surface area contributed by atoms with Gasteiger partial charge in [-0.05, 0) is 0 Å². The number of aromatic carboxylic acids is 1. The standard InChI is InChI=1S/C4H2F2N2O3/c5-1(6)2-7-8-3(11-2)4(9)10/h1H,(H,9,10). The number of hydrogen-bond acceptors (Lipinski definition) is 4. The van der Waals surface area contributed by atoms with E-state index in [1.165, 1.54) is 0 Å². The van der Waals surface area contributed by atoms with Gasteiger partial charge in [0.1, 0.15) is 0 Å². The zero-order valence-corrected chi connectivity index (χ0v) is 4.99. The summed E-state index contributed by atoms with van der Waals surface area (Å²) in [5.74, 6) is -3.34. The molecule has 0 radical (unpaired) electrons. The molecular weight excluding hydrogens is 162 g/mol. The minimum atomic E-state index is -2.93. The van der Waals surface area contributed by atoms with Crippen LogP contribution in [0, 0.1) is 0 Å². The molecule has 7 heteroatoms. The van der Waals surface area contributed by atoms with E-state index in [1.54, 1.807) is 0 Å². The second-order valence-electron chi connectivity index (χ2n) is 1.55. The van der Waals surface area contributed by atoms with E-state index in [1.807, 2.05) is 0 Å². The van der Waals surface area contributed by atoms with Gasteiger partial charge in [-0.25, -0.2) is 4.79 Å². The molecule has 0 atom stereocenters. The van der Waals surface area contributed by atoms with E-state index in [2.05, 4.69) is 14.6 Å². The Morgan fingerprint density at radius 2 is 2.18 bits per heavy atom. The summed E-state index contributed by atoms with van der Waals surface area (Å²) >= 11 is 0. The molecule has 1 N–H and O–H groups in total. The smallest absolute Gasteiger partial charge is 0.393 e. The van der Waals surface area contributed by atoms with E-state index in [0.717, 1.165) is 0 Å². The van der Waals surface area contributed by atoms with Crippen LogP contribution in [0.15, 0.2) is 4.42 Å². The summed E-state index contributed by atoms with van der Waals surface area (Å²) in [5.41, 5.74) is 0. The molecule has 0 spiro atoms. The van der Waals surface area contributed by atoms with Gasteiger partial charge in [-0.1, -0.05) is 0 Å². The van der Waals surface area contributed by atoms with Crippen molar-refractivity contribution in [2.24, 2.45) is 0 Å². The van der Waals surface area contributed by atoms with Crippen LogP contribution in [0.2, 0.25) is 0 Å². The fraction of sp³-hybridized carbons (Fsp3) is 0.250. The molecule has 1 aromatic rings. The maximum Gasteiger partial charge on any atom is 0.393 e. The van der Waals surface area contributed by atoms with Gasteiger partial charge in [-0.15, -0.1) is 10.2 Å². The lowest BCUT2D eigenvalue weighted by molar-refractivity contribution is 0.0635. The van der Waals surface area contributed by atoms with Crippen LogP contribution in [0.1, 0.15) is 23.0 Å². The molecule has 0 aliphatic heterocycles. The molecule has 1 rings (SSSR count). The Balaban J connectivity index is 2.90. The largest absolute Gasteiger partial charge is 0.474 e. The van der Waals surface area contributed by atoms with Crippen molar-refractivity contribution in [2.75, 3.05) is 0 Å². The van der Waals surface area contributed by atoms with E-state index in [4.69, 9.17) is 5.11 Å². The average Bonchev–Trinajstić information content (AvgIpc) is 2.33. The first kappa shape index (κ1) is 7.58. The van der Waals surface area contributed by atoms with Crippen molar-refractivity contribution >= 4 is 5.97 Å². The summed E-state index contributed by atoms with van der Waals surface area (Å²) in [5, 5.41) is 13.8. The zero-order chi connectivity index (χ0) is 8.43. The topological polar surface area (TPSA) is 76.2 Å². The van der Waals surface area contributed by atoms with E-state index in [9.17, 15) is 13.6 Å². The van der Waals surface area contributed by atoms with Crippen molar-refractivity contribution in [3.05, 3.63) is 11.8 Å². The van der Waals surface area contributed by atoms with Crippen molar-refractivity contribution in [3.8, 4) is 0 Å². The first-order valence-corrected chi connectivity index (χ1v) is 2.46. The summed E-state index contributed by atoms with van der Waals surface area (Å²) in [6, 6.07) is 0. The highest BCUT2D eigenvalue weighted by Gasteiger charge is 2.19. The average molecular weight is 164 g/mol. The quantitative estimate of drug-likeness (QED) is 0.696. The lowest BCUT2D eigenvalue weighted by Gasteiger charge is -1.85. The van der Waals surface area contributed by atoms with Gasteiger partial charge >= 0.3 is 18.3 Å². The molecule has 11 heavy (non-hydrogen) atoms. The highest BCUT2D eigenvalue weighted by atomic mass is 19.3. The second kappa shape index (κ2) is 2.60. The van der Waals surface area contributed by atoms with Gasteiger partial charge in [0.15, 0.2) is 0 Å². The Bertz CT molecular complexity index is 272. The van der Waals surface area contributed by atoms with Crippen LogP contribution in [-0.4, -0.2) is 21.3 Å². The predicted molar refractivity (Wildman–Crippen MR) is 26.2 cm³/mol. The monoisotopic (exact) mass is 164 g/mol. The molecule has 0 amide bonds. The molecule has 0 fully saturated rings. The Hall–Kier alpha value is -1.53. The highest BCUT2D eigenvalue weighted by Crippen LogP contribution is 2.15. The predicted octanol–water partition coefficient (Wildman–Crippen LogP) is 0.705. The number of carboxylic acid groups (broad SMARTS) is 1. The Morgan fingerprint density at radius 3 is 2.45 bits per heavy atom. The third-order valence-electron chi connectivity index (χ3n) is 0.810. The molecule has 0 aliphatic rings. The first-order valence-electron chi connectivity index (χ1n) is 2.46. The van der Waals surface area contributed by atoms with Crippen molar-refractivity contribution < 1.29 is 23.1 Å². The number of nitrogens with zero attached hydrogens (tertiary/aromatic N) is 2. The van der Waals surface area contributed by atoms with Crippen LogP contribution in [-0.2, 0) is 0 Å². The third kappa shape index (κ3) is 1.48. The first-order chi connectivity index (χ1) is 5.11.